The largest absolute Gasteiger partial charge is 0.465 e. The number of hydrogen-bond donors (Lipinski definition) is 2. The van der Waals surface area contributed by atoms with Gasteiger partial charge in [0.15, 0.2) is 0 Å². The quantitative estimate of drug-likeness (QED) is 0.576. The molecule has 0 aliphatic heterocycles. The average molecular weight is 357 g/mol. The van der Waals surface area contributed by atoms with Crippen LogP contribution >= 0.6 is 0 Å². The molecule has 0 aromatic rings. The summed E-state index contributed by atoms with van der Waals surface area (Å²) in [5, 5.41) is 20.5. The number of rotatable bonds is 10. The lowest BCUT2D eigenvalue weighted by Gasteiger charge is -2.35. The predicted octanol–water partition coefficient (Wildman–Crippen LogP) is 4.18. The third kappa shape index (κ3) is 8.08. The van der Waals surface area contributed by atoms with Crippen LogP contribution in [0, 0.1) is 29.6 Å². The van der Waals surface area contributed by atoms with Crippen LogP contribution in [0.25, 0.3) is 0 Å². The molecule has 4 nitrogen and oxygen atoms in total. The van der Waals surface area contributed by atoms with Gasteiger partial charge in [-0.1, -0.05) is 41.0 Å². The van der Waals surface area contributed by atoms with E-state index in [0.717, 1.165) is 38.5 Å². The van der Waals surface area contributed by atoms with E-state index in [9.17, 15) is 15.0 Å². The van der Waals surface area contributed by atoms with Crippen LogP contribution in [0.4, 0.5) is 0 Å². The van der Waals surface area contributed by atoms with Crippen LogP contribution in [0.5, 0.6) is 0 Å². The molecule has 1 fully saturated rings. The standard InChI is InChI=1S/C21H40O4/c1-6-7-17(12-18(22)10-14(2)3)21(24)25-13-16-8-9-19(15(4)5)20(23)11-16/h14-20,22-23H,6-13H2,1-5H3. The highest BCUT2D eigenvalue weighted by Crippen LogP contribution is 2.34. The van der Waals surface area contributed by atoms with Gasteiger partial charge in [-0.25, -0.2) is 0 Å². The van der Waals surface area contributed by atoms with Crippen LogP contribution in [0.2, 0.25) is 0 Å². The van der Waals surface area contributed by atoms with Crippen molar-refractivity contribution in [2.24, 2.45) is 29.6 Å². The lowest BCUT2D eigenvalue weighted by molar-refractivity contribution is -0.152. The van der Waals surface area contributed by atoms with E-state index in [-0.39, 0.29) is 23.9 Å². The molecule has 2 N–H and O–H groups in total. The van der Waals surface area contributed by atoms with Gasteiger partial charge >= 0.3 is 5.97 Å². The van der Waals surface area contributed by atoms with E-state index < -0.39 is 6.10 Å². The second-order valence-electron chi connectivity index (χ2n) is 8.79. The molecule has 0 heterocycles. The van der Waals surface area contributed by atoms with Crippen molar-refractivity contribution in [1.82, 2.24) is 0 Å². The molecule has 5 unspecified atom stereocenters. The third-order valence-corrected chi connectivity index (χ3v) is 5.57. The van der Waals surface area contributed by atoms with Gasteiger partial charge in [0.25, 0.3) is 0 Å². The Morgan fingerprint density at radius 2 is 1.84 bits per heavy atom. The molecule has 0 saturated heterocycles. The van der Waals surface area contributed by atoms with Crippen molar-refractivity contribution in [2.45, 2.75) is 91.8 Å². The minimum atomic E-state index is -0.438. The molecule has 1 rings (SSSR count). The van der Waals surface area contributed by atoms with Gasteiger partial charge in [-0.2, -0.15) is 0 Å². The van der Waals surface area contributed by atoms with Crippen LogP contribution in [-0.4, -0.2) is 35.0 Å². The monoisotopic (exact) mass is 356 g/mol. The summed E-state index contributed by atoms with van der Waals surface area (Å²) in [6.07, 6.45) is 4.91. The van der Waals surface area contributed by atoms with E-state index in [4.69, 9.17) is 4.74 Å². The highest BCUT2D eigenvalue weighted by Gasteiger charge is 2.32. The topological polar surface area (TPSA) is 66.8 Å². The molecule has 25 heavy (non-hydrogen) atoms. The third-order valence-electron chi connectivity index (χ3n) is 5.57. The second kappa shape index (κ2) is 11.2. The molecule has 0 aromatic heterocycles. The minimum Gasteiger partial charge on any atom is -0.465 e. The van der Waals surface area contributed by atoms with E-state index in [0.29, 0.717) is 30.8 Å². The molecular formula is C21H40O4. The van der Waals surface area contributed by atoms with Gasteiger partial charge in [-0.3, -0.25) is 4.79 Å². The maximum Gasteiger partial charge on any atom is 0.309 e. The number of aliphatic hydroxyl groups is 2. The van der Waals surface area contributed by atoms with Gasteiger partial charge in [-0.05, 0) is 62.2 Å². The summed E-state index contributed by atoms with van der Waals surface area (Å²) in [6, 6.07) is 0. The van der Waals surface area contributed by atoms with Gasteiger partial charge in [0.2, 0.25) is 0 Å². The van der Waals surface area contributed by atoms with Gasteiger partial charge in [0.1, 0.15) is 0 Å². The molecule has 5 atom stereocenters. The first kappa shape index (κ1) is 22.4. The van der Waals surface area contributed by atoms with Crippen molar-refractivity contribution < 1.29 is 19.7 Å². The summed E-state index contributed by atoms with van der Waals surface area (Å²) in [5.74, 6) is 1.16. The lowest BCUT2D eigenvalue weighted by atomic mass is 9.75. The molecule has 1 aliphatic rings. The van der Waals surface area contributed by atoms with E-state index in [2.05, 4.69) is 34.6 Å². The Labute approximate surface area is 154 Å². The molecule has 0 aromatic carbocycles. The highest BCUT2D eigenvalue weighted by molar-refractivity contribution is 5.72. The zero-order chi connectivity index (χ0) is 19.0. The zero-order valence-electron chi connectivity index (χ0n) is 16.9. The van der Waals surface area contributed by atoms with Crippen LogP contribution in [0.15, 0.2) is 0 Å². The summed E-state index contributed by atoms with van der Waals surface area (Å²) >= 11 is 0. The number of aliphatic hydroxyl groups excluding tert-OH is 2. The Morgan fingerprint density at radius 1 is 1.16 bits per heavy atom. The van der Waals surface area contributed by atoms with E-state index in [1.165, 1.54) is 0 Å². The predicted molar refractivity (Wildman–Crippen MR) is 101 cm³/mol. The first-order valence-electron chi connectivity index (χ1n) is 10.3. The number of hydrogen-bond acceptors (Lipinski definition) is 4. The summed E-state index contributed by atoms with van der Waals surface area (Å²) in [6.45, 7) is 10.9. The summed E-state index contributed by atoms with van der Waals surface area (Å²) in [5.41, 5.74) is 0. The van der Waals surface area contributed by atoms with Crippen LogP contribution in [0.1, 0.15) is 79.6 Å². The summed E-state index contributed by atoms with van der Waals surface area (Å²) in [7, 11) is 0. The van der Waals surface area contributed by atoms with Crippen molar-refractivity contribution in [3.05, 3.63) is 0 Å². The maximum absolute atomic E-state index is 12.5. The Balaban J connectivity index is 2.44. The molecular weight excluding hydrogens is 316 g/mol. The second-order valence-corrected chi connectivity index (χ2v) is 8.79. The highest BCUT2D eigenvalue weighted by atomic mass is 16.5. The fraction of sp³-hybridized carbons (Fsp3) is 0.952. The fourth-order valence-electron chi connectivity index (χ4n) is 4.15. The van der Waals surface area contributed by atoms with E-state index in [1.807, 2.05) is 0 Å². The lowest BCUT2D eigenvalue weighted by Crippen LogP contribution is -2.35. The van der Waals surface area contributed by atoms with Gasteiger partial charge in [0, 0.05) is 0 Å². The SMILES string of the molecule is CCCC(CC(O)CC(C)C)C(=O)OCC1CCC(C(C)C)C(O)C1. The number of ether oxygens (including phenoxy) is 1. The Kier molecular flexibility index (Phi) is 10.0. The van der Waals surface area contributed by atoms with Crippen LogP contribution < -0.4 is 0 Å². The van der Waals surface area contributed by atoms with Crippen molar-refractivity contribution in [3.63, 3.8) is 0 Å². The minimum absolute atomic E-state index is 0.176. The zero-order valence-corrected chi connectivity index (χ0v) is 16.9. The molecule has 148 valence electrons. The van der Waals surface area contributed by atoms with Crippen molar-refractivity contribution in [3.8, 4) is 0 Å². The molecule has 0 bridgehead atoms. The molecule has 1 saturated carbocycles. The van der Waals surface area contributed by atoms with E-state index >= 15 is 0 Å². The van der Waals surface area contributed by atoms with Crippen molar-refractivity contribution >= 4 is 5.97 Å². The van der Waals surface area contributed by atoms with Crippen LogP contribution in [0.3, 0.4) is 0 Å². The molecule has 0 radical (unpaired) electrons. The maximum atomic E-state index is 12.5. The van der Waals surface area contributed by atoms with Gasteiger partial charge < -0.3 is 14.9 Å². The summed E-state index contributed by atoms with van der Waals surface area (Å²) in [4.78, 5) is 12.5. The van der Waals surface area contributed by atoms with Crippen molar-refractivity contribution in [2.75, 3.05) is 6.61 Å². The van der Waals surface area contributed by atoms with Gasteiger partial charge in [-0.15, -0.1) is 0 Å². The number of esters is 1. The first-order chi connectivity index (χ1) is 11.7. The Bertz CT molecular complexity index is 380. The number of carbonyl (C=O) groups is 1. The first-order valence-corrected chi connectivity index (χ1v) is 10.3. The molecule has 4 heteroatoms. The fourth-order valence-corrected chi connectivity index (χ4v) is 4.15. The smallest absolute Gasteiger partial charge is 0.309 e. The molecule has 1 aliphatic carbocycles. The van der Waals surface area contributed by atoms with Gasteiger partial charge in [0.05, 0.1) is 24.7 Å². The Morgan fingerprint density at radius 3 is 2.36 bits per heavy atom. The van der Waals surface area contributed by atoms with E-state index in [1.54, 1.807) is 0 Å². The van der Waals surface area contributed by atoms with Crippen LogP contribution in [-0.2, 0) is 9.53 Å². The average Bonchev–Trinajstić information content (AvgIpc) is 2.51. The molecule has 0 spiro atoms. The number of carbonyl (C=O) groups excluding carboxylic acids is 1. The summed E-state index contributed by atoms with van der Waals surface area (Å²) < 4.78 is 5.58. The van der Waals surface area contributed by atoms with Crippen molar-refractivity contribution in [1.29, 1.82) is 0 Å². The Hall–Kier alpha value is -0.610. The molecule has 0 amide bonds. The normalized spacial score (nSPS) is 26.7.